The third-order valence-electron chi connectivity index (χ3n) is 5.29. The molecule has 0 N–H and O–H groups in total. The Morgan fingerprint density at radius 2 is 1.67 bits per heavy atom. The number of amidine groups is 1. The van der Waals surface area contributed by atoms with Crippen LogP contribution in [0.3, 0.4) is 0 Å². The maximum Gasteiger partial charge on any atom is 0.276 e. The van der Waals surface area contributed by atoms with Crippen LogP contribution in [0.5, 0.6) is 0 Å². The van der Waals surface area contributed by atoms with E-state index < -0.39 is 4.92 Å². The van der Waals surface area contributed by atoms with E-state index in [1.807, 2.05) is 30.3 Å². The van der Waals surface area contributed by atoms with Crippen LogP contribution in [0.1, 0.15) is 45.1 Å². The molecule has 1 aliphatic heterocycles. The summed E-state index contributed by atoms with van der Waals surface area (Å²) in [6.45, 7) is 6.58. The summed E-state index contributed by atoms with van der Waals surface area (Å²) in [4.78, 5) is 33.6. The van der Waals surface area contributed by atoms with Crippen LogP contribution in [0.2, 0.25) is 0 Å². The number of amides is 1. The summed E-state index contributed by atoms with van der Waals surface area (Å²) < 4.78 is 0. The van der Waals surface area contributed by atoms with Gasteiger partial charge in [0.1, 0.15) is 0 Å². The number of carbonyl (C=O) groups excluding carboxylic acids is 1. The third-order valence-corrected chi connectivity index (χ3v) is 6.29. The molecule has 2 aromatic rings. The first-order valence-corrected chi connectivity index (χ1v) is 12.2. The van der Waals surface area contributed by atoms with Gasteiger partial charge in [0, 0.05) is 6.07 Å². The maximum atomic E-state index is 13.4. The van der Waals surface area contributed by atoms with Crippen LogP contribution in [0.15, 0.2) is 64.5 Å². The van der Waals surface area contributed by atoms with E-state index in [4.69, 9.17) is 4.99 Å². The standard InChI is InChI=1S/C25H30N4O3S/c1-3-5-16-27(17-6-4-2)19-28-24(30)23(18-20-12-10-11-15-22(20)29(31)32)33-25(28)26-21-13-8-7-9-14-21/h7-15,18H,3-6,16-17,19H2,1-2H3/b23-18+,26-25?. The van der Waals surface area contributed by atoms with E-state index in [1.165, 1.54) is 17.8 Å². The molecule has 0 unspecified atom stereocenters. The summed E-state index contributed by atoms with van der Waals surface area (Å²) in [7, 11) is 0. The molecule has 0 atom stereocenters. The summed E-state index contributed by atoms with van der Waals surface area (Å²) in [6, 6.07) is 16.0. The molecule has 8 heteroatoms. The van der Waals surface area contributed by atoms with E-state index in [0.717, 1.165) is 44.5 Å². The lowest BCUT2D eigenvalue weighted by atomic mass is 10.1. The van der Waals surface area contributed by atoms with Gasteiger partial charge in [-0.1, -0.05) is 57.0 Å². The van der Waals surface area contributed by atoms with Crippen LogP contribution in [-0.2, 0) is 4.79 Å². The number of nitrogens with zero attached hydrogens (tertiary/aromatic N) is 4. The molecule has 0 radical (unpaired) electrons. The SMILES string of the molecule is CCCCN(CCCC)CN1C(=O)/C(=C\c2ccccc2[N+](=O)[O-])SC1=Nc1ccccc1. The monoisotopic (exact) mass is 466 g/mol. The number of hydrogen-bond donors (Lipinski definition) is 0. The number of benzene rings is 2. The number of aliphatic imine (C=N–C) groups is 1. The molecule has 1 amide bonds. The maximum absolute atomic E-state index is 13.4. The molecule has 0 aromatic heterocycles. The molecular formula is C25H30N4O3S. The average Bonchev–Trinajstić information content (AvgIpc) is 3.10. The molecule has 1 aliphatic rings. The number of rotatable bonds is 11. The van der Waals surface area contributed by atoms with Gasteiger partial charge in [0.15, 0.2) is 5.17 Å². The van der Waals surface area contributed by atoms with Gasteiger partial charge in [0.25, 0.3) is 11.6 Å². The van der Waals surface area contributed by atoms with Gasteiger partial charge in [-0.05, 0) is 62.0 Å². The van der Waals surface area contributed by atoms with Gasteiger partial charge >= 0.3 is 0 Å². The van der Waals surface area contributed by atoms with Gasteiger partial charge in [-0.25, -0.2) is 4.99 Å². The van der Waals surface area contributed by atoms with Crippen LogP contribution in [0.4, 0.5) is 11.4 Å². The number of para-hydroxylation sites is 2. The molecule has 33 heavy (non-hydrogen) atoms. The Kier molecular flexibility index (Phi) is 9.21. The van der Waals surface area contributed by atoms with Gasteiger partial charge in [0.05, 0.1) is 27.7 Å². The second-order valence-corrected chi connectivity index (χ2v) is 8.87. The molecule has 7 nitrogen and oxygen atoms in total. The van der Waals surface area contributed by atoms with Crippen LogP contribution in [0, 0.1) is 10.1 Å². The molecule has 1 fully saturated rings. The molecule has 1 saturated heterocycles. The number of nitro benzene ring substituents is 1. The van der Waals surface area contributed by atoms with Gasteiger partial charge < -0.3 is 0 Å². The Morgan fingerprint density at radius 3 is 2.30 bits per heavy atom. The number of nitro groups is 1. The highest BCUT2D eigenvalue weighted by Gasteiger charge is 2.35. The topological polar surface area (TPSA) is 79.0 Å². The van der Waals surface area contributed by atoms with E-state index in [2.05, 4.69) is 18.7 Å². The lowest BCUT2D eigenvalue weighted by Gasteiger charge is -2.27. The van der Waals surface area contributed by atoms with E-state index in [9.17, 15) is 14.9 Å². The number of carbonyl (C=O) groups is 1. The van der Waals surface area contributed by atoms with Crippen molar-refractivity contribution in [3.63, 3.8) is 0 Å². The molecule has 174 valence electrons. The number of thioether (sulfide) groups is 1. The van der Waals surface area contributed by atoms with Gasteiger partial charge in [0.2, 0.25) is 0 Å². The van der Waals surface area contributed by atoms with Crippen molar-refractivity contribution < 1.29 is 9.72 Å². The fourth-order valence-electron chi connectivity index (χ4n) is 3.46. The van der Waals surface area contributed by atoms with Crippen LogP contribution in [0.25, 0.3) is 6.08 Å². The Labute approximate surface area is 199 Å². The molecule has 0 bridgehead atoms. The van der Waals surface area contributed by atoms with E-state index >= 15 is 0 Å². The summed E-state index contributed by atoms with van der Waals surface area (Å²) in [5, 5.41) is 12.0. The average molecular weight is 467 g/mol. The van der Waals surface area contributed by atoms with E-state index in [-0.39, 0.29) is 11.6 Å². The quantitative estimate of drug-likeness (QED) is 0.228. The molecule has 2 aromatic carbocycles. The summed E-state index contributed by atoms with van der Waals surface area (Å²) in [5.74, 6) is -0.175. The molecule has 0 saturated carbocycles. The summed E-state index contributed by atoms with van der Waals surface area (Å²) in [5.41, 5.74) is 1.15. The molecule has 0 spiro atoms. The molecule has 1 heterocycles. The Morgan fingerprint density at radius 1 is 1.03 bits per heavy atom. The summed E-state index contributed by atoms with van der Waals surface area (Å²) in [6.07, 6.45) is 5.89. The summed E-state index contributed by atoms with van der Waals surface area (Å²) >= 11 is 1.26. The van der Waals surface area contributed by atoms with Crippen LogP contribution < -0.4 is 0 Å². The lowest BCUT2D eigenvalue weighted by molar-refractivity contribution is -0.385. The fraction of sp³-hybridized carbons (Fsp3) is 0.360. The van der Waals surface area contributed by atoms with Crippen LogP contribution >= 0.6 is 11.8 Å². The number of unbranched alkanes of at least 4 members (excludes halogenated alkanes) is 2. The minimum Gasteiger partial charge on any atom is -0.286 e. The first kappa shape index (κ1) is 24.7. The highest BCUT2D eigenvalue weighted by Crippen LogP contribution is 2.35. The predicted octanol–water partition coefficient (Wildman–Crippen LogP) is 6.06. The molecule has 0 aliphatic carbocycles. The Bertz CT molecular complexity index is 1020. The number of hydrogen-bond acceptors (Lipinski definition) is 6. The first-order valence-electron chi connectivity index (χ1n) is 11.3. The lowest BCUT2D eigenvalue weighted by Crippen LogP contribution is -2.41. The Balaban J connectivity index is 1.95. The minimum absolute atomic E-state index is 0.0223. The smallest absolute Gasteiger partial charge is 0.276 e. The van der Waals surface area contributed by atoms with Gasteiger partial charge in [-0.2, -0.15) is 0 Å². The van der Waals surface area contributed by atoms with Crippen molar-refractivity contribution in [1.82, 2.24) is 9.80 Å². The zero-order chi connectivity index (χ0) is 23.6. The van der Waals surface area contributed by atoms with Gasteiger partial charge in [-0.3, -0.25) is 24.7 Å². The largest absolute Gasteiger partial charge is 0.286 e. The normalized spacial score (nSPS) is 16.3. The second kappa shape index (κ2) is 12.3. The van der Waals surface area contributed by atoms with Crippen molar-refractivity contribution in [2.45, 2.75) is 39.5 Å². The zero-order valence-electron chi connectivity index (χ0n) is 19.1. The third kappa shape index (κ3) is 6.76. The van der Waals surface area contributed by atoms with Crippen molar-refractivity contribution >= 4 is 40.3 Å². The Hall–Kier alpha value is -2.97. The first-order chi connectivity index (χ1) is 16.0. The highest BCUT2D eigenvalue weighted by molar-refractivity contribution is 8.18. The van der Waals surface area contributed by atoms with E-state index in [0.29, 0.717) is 22.3 Å². The van der Waals surface area contributed by atoms with Gasteiger partial charge in [-0.15, -0.1) is 0 Å². The highest BCUT2D eigenvalue weighted by atomic mass is 32.2. The second-order valence-electron chi connectivity index (χ2n) is 7.86. The van der Waals surface area contributed by atoms with Crippen LogP contribution in [-0.4, -0.2) is 45.6 Å². The fourth-order valence-corrected chi connectivity index (χ4v) is 4.44. The van der Waals surface area contributed by atoms with Crippen molar-refractivity contribution in [1.29, 1.82) is 0 Å². The minimum atomic E-state index is -0.426. The van der Waals surface area contributed by atoms with Crippen molar-refractivity contribution in [3.05, 3.63) is 75.2 Å². The van der Waals surface area contributed by atoms with Crippen molar-refractivity contribution in [2.24, 2.45) is 4.99 Å². The van der Waals surface area contributed by atoms with E-state index in [1.54, 1.807) is 29.2 Å². The molecular weight excluding hydrogens is 436 g/mol. The zero-order valence-corrected chi connectivity index (χ0v) is 20.0. The molecule has 3 rings (SSSR count). The van der Waals surface area contributed by atoms with Crippen molar-refractivity contribution in [2.75, 3.05) is 19.8 Å². The predicted molar refractivity (Wildman–Crippen MR) is 135 cm³/mol. The van der Waals surface area contributed by atoms with Crippen molar-refractivity contribution in [3.8, 4) is 0 Å².